The van der Waals surface area contributed by atoms with Crippen LogP contribution in [0.15, 0.2) is 170 Å². The van der Waals surface area contributed by atoms with E-state index in [4.69, 9.17) is 0 Å². The first-order chi connectivity index (χ1) is 25.1. The first kappa shape index (κ1) is 34.4. The maximum Gasteiger partial charge on any atom is 0.0706 e. The smallest absolute Gasteiger partial charge is 0.0706 e. The highest BCUT2D eigenvalue weighted by Gasteiger charge is 2.56. The largest absolute Gasteiger partial charge is 0.334 e. The zero-order valence-corrected chi connectivity index (χ0v) is 30.5. The molecule has 258 valence electrons. The summed E-state index contributed by atoms with van der Waals surface area (Å²) in [6.07, 6.45) is 38.1. The van der Waals surface area contributed by atoms with Gasteiger partial charge in [-0.1, -0.05) is 129 Å². The standard InChI is InChI=1S/C49H52N2/c1-5-9-23-42(7-3)50(47(8-4)45-24-14-10-12-19-37(45)6-2)43-31-27-38(28-32-43)39-29-33-44(34-30-39)51(49-35-17-16-22-41(49)36-49)48-26-18-21-40-20-13-11-15-25-46(40)48/h5-6,8-9,14-18,21-35,41-42H,1,4,7,10-13,19-20,36H2,2-3H3/b23-9-,37-6-,47-45+. The minimum absolute atomic E-state index is 0.0107. The molecule has 3 unspecified atom stereocenters. The molecule has 2 nitrogen and oxygen atoms in total. The highest BCUT2D eigenvalue weighted by atomic mass is 15.3. The molecular formula is C49H52N2. The molecule has 3 atom stereocenters. The molecule has 1 saturated carbocycles. The molecule has 0 N–H and O–H groups in total. The lowest BCUT2D eigenvalue weighted by Crippen LogP contribution is -2.34. The topological polar surface area (TPSA) is 6.48 Å². The van der Waals surface area contributed by atoms with Crippen LogP contribution in [-0.4, -0.2) is 11.6 Å². The van der Waals surface area contributed by atoms with Crippen molar-refractivity contribution >= 4 is 23.1 Å². The molecule has 7 rings (SSSR count). The molecule has 0 saturated heterocycles. The van der Waals surface area contributed by atoms with Gasteiger partial charge in [-0.05, 0) is 117 Å². The van der Waals surface area contributed by atoms with Gasteiger partial charge < -0.3 is 9.80 Å². The second-order valence-corrected chi connectivity index (χ2v) is 14.2. The van der Waals surface area contributed by atoms with Gasteiger partial charge in [0.05, 0.1) is 11.6 Å². The fraction of sp³-hybridized carbons (Fsp3) is 0.265. The van der Waals surface area contributed by atoms with E-state index in [2.05, 4.69) is 170 Å². The number of allylic oxidation sites excluding steroid dienone is 11. The Hall–Kier alpha value is -5.08. The number of benzene rings is 3. The number of hydrogen-bond donors (Lipinski definition) is 0. The third-order valence-electron chi connectivity index (χ3n) is 11.1. The van der Waals surface area contributed by atoms with Crippen LogP contribution in [0.3, 0.4) is 0 Å². The van der Waals surface area contributed by atoms with Crippen molar-refractivity contribution in [2.45, 2.75) is 76.8 Å². The van der Waals surface area contributed by atoms with Crippen LogP contribution in [0.25, 0.3) is 17.2 Å². The maximum absolute atomic E-state index is 4.34. The van der Waals surface area contributed by atoms with Gasteiger partial charge in [0.25, 0.3) is 0 Å². The van der Waals surface area contributed by atoms with Gasteiger partial charge in [-0.2, -0.15) is 0 Å². The molecule has 3 aromatic carbocycles. The summed E-state index contributed by atoms with van der Waals surface area (Å²) in [6.45, 7) is 12.7. The minimum atomic E-state index is -0.0107. The average molecular weight is 669 g/mol. The molecule has 0 radical (unpaired) electrons. The number of anilines is 3. The van der Waals surface area contributed by atoms with Crippen LogP contribution in [0.1, 0.15) is 69.9 Å². The van der Waals surface area contributed by atoms with Crippen molar-refractivity contribution in [2.75, 3.05) is 9.80 Å². The summed E-state index contributed by atoms with van der Waals surface area (Å²) in [5.74, 6) is 0.532. The van der Waals surface area contributed by atoms with Crippen LogP contribution in [0.2, 0.25) is 0 Å². The van der Waals surface area contributed by atoms with E-state index in [0.29, 0.717) is 5.92 Å². The van der Waals surface area contributed by atoms with Crippen molar-refractivity contribution < 1.29 is 0 Å². The van der Waals surface area contributed by atoms with E-state index in [0.717, 1.165) is 49.9 Å². The van der Waals surface area contributed by atoms with E-state index in [1.807, 2.05) is 12.2 Å². The predicted molar refractivity (Wildman–Crippen MR) is 221 cm³/mol. The summed E-state index contributed by atoms with van der Waals surface area (Å²) < 4.78 is 0. The van der Waals surface area contributed by atoms with Gasteiger partial charge in [0.2, 0.25) is 0 Å². The zero-order chi connectivity index (χ0) is 35.2. The number of fused-ring (bicyclic) bond motifs is 2. The van der Waals surface area contributed by atoms with Gasteiger partial charge in [0.1, 0.15) is 0 Å². The van der Waals surface area contributed by atoms with Crippen LogP contribution in [0.4, 0.5) is 17.1 Å². The second-order valence-electron chi connectivity index (χ2n) is 14.2. The molecule has 0 aromatic heterocycles. The Balaban J connectivity index is 1.24. The van der Waals surface area contributed by atoms with E-state index >= 15 is 0 Å². The molecule has 0 spiro atoms. The summed E-state index contributed by atoms with van der Waals surface area (Å²) in [7, 11) is 0. The van der Waals surface area contributed by atoms with Gasteiger partial charge in [0.15, 0.2) is 0 Å². The number of rotatable bonds is 11. The van der Waals surface area contributed by atoms with E-state index in [1.54, 1.807) is 0 Å². The zero-order valence-electron chi connectivity index (χ0n) is 30.5. The summed E-state index contributed by atoms with van der Waals surface area (Å²) in [4.78, 5) is 5.09. The maximum atomic E-state index is 4.34. The van der Waals surface area contributed by atoms with Gasteiger partial charge in [-0.3, -0.25) is 0 Å². The van der Waals surface area contributed by atoms with Crippen molar-refractivity contribution in [3.05, 3.63) is 181 Å². The van der Waals surface area contributed by atoms with Crippen molar-refractivity contribution in [1.29, 1.82) is 0 Å². The highest BCUT2D eigenvalue weighted by molar-refractivity contribution is 5.81. The van der Waals surface area contributed by atoms with Crippen molar-refractivity contribution in [1.82, 2.24) is 0 Å². The molecule has 4 aliphatic rings. The van der Waals surface area contributed by atoms with Gasteiger partial charge in [-0.15, -0.1) is 0 Å². The van der Waals surface area contributed by atoms with Crippen LogP contribution >= 0.6 is 0 Å². The van der Waals surface area contributed by atoms with Crippen LogP contribution in [0.5, 0.6) is 0 Å². The van der Waals surface area contributed by atoms with Crippen LogP contribution in [0, 0.1) is 5.92 Å². The molecule has 3 aromatic rings. The summed E-state index contributed by atoms with van der Waals surface area (Å²) in [5.41, 5.74) is 12.8. The Bertz CT molecular complexity index is 1960. The SMILES string of the molecule is C=C/C=C\C(CC)N(/C(C=C)=C1\C=CCCC\C1=C\C)c1ccc(-c2ccc(N(c3cccc4c3C=CCCC4)C34C=CC=CC3C4)cc2)cc1. The van der Waals surface area contributed by atoms with E-state index in [1.165, 1.54) is 57.6 Å². The van der Waals surface area contributed by atoms with Gasteiger partial charge in [-0.25, -0.2) is 0 Å². The quantitative estimate of drug-likeness (QED) is 0.188. The number of aryl methyl sites for hydroxylation is 1. The summed E-state index contributed by atoms with van der Waals surface area (Å²) >= 11 is 0. The first-order valence-corrected chi connectivity index (χ1v) is 19.0. The number of nitrogens with zero attached hydrogens (tertiary/aromatic N) is 2. The lowest BCUT2D eigenvalue weighted by Gasteiger charge is -2.36. The lowest BCUT2D eigenvalue weighted by molar-refractivity contribution is 0.727. The molecule has 0 bridgehead atoms. The normalized spacial score (nSPS) is 22.9. The van der Waals surface area contributed by atoms with E-state index in [9.17, 15) is 0 Å². The Labute approximate surface area is 306 Å². The Morgan fingerprint density at radius 1 is 0.882 bits per heavy atom. The molecule has 51 heavy (non-hydrogen) atoms. The minimum Gasteiger partial charge on any atom is -0.334 e. The fourth-order valence-corrected chi connectivity index (χ4v) is 8.37. The molecule has 2 heteroatoms. The number of hydrogen-bond acceptors (Lipinski definition) is 2. The molecule has 0 heterocycles. The highest BCUT2D eigenvalue weighted by Crippen LogP contribution is 2.57. The molecule has 0 aliphatic heterocycles. The lowest BCUT2D eigenvalue weighted by atomic mass is 9.97. The van der Waals surface area contributed by atoms with Crippen molar-refractivity contribution in [3.63, 3.8) is 0 Å². The van der Waals surface area contributed by atoms with Crippen molar-refractivity contribution in [3.8, 4) is 11.1 Å². The van der Waals surface area contributed by atoms with E-state index in [-0.39, 0.29) is 11.6 Å². The Morgan fingerprint density at radius 3 is 2.29 bits per heavy atom. The summed E-state index contributed by atoms with van der Waals surface area (Å²) in [6, 6.07) is 25.4. The predicted octanol–water partition coefficient (Wildman–Crippen LogP) is 13.2. The van der Waals surface area contributed by atoms with Crippen LogP contribution < -0.4 is 9.80 Å². The van der Waals surface area contributed by atoms with Crippen LogP contribution in [-0.2, 0) is 6.42 Å². The first-order valence-electron chi connectivity index (χ1n) is 19.0. The molecule has 0 amide bonds. The molecule has 4 aliphatic carbocycles. The molecular weight excluding hydrogens is 617 g/mol. The Morgan fingerprint density at radius 2 is 1.61 bits per heavy atom. The van der Waals surface area contributed by atoms with Crippen molar-refractivity contribution in [2.24, 2.45) is 5.92 Å². The Kier molecular flexibility index (Phi) is 10.4. The van der Waals surface area contributed by atoms with Gasteiger partial charge >= 0.3 is 0 Å². The third-order valence-corrected chi connectivity index (χ3v) is 11.1. The second kappa shape index (κ2) is 15.4. The fourth-order valence-electron chi connectivity index (χ4n) is 8.37. The van der Waals surface area contributed by atoms with E-state index < -0.39 is 0 Å². The average Bonchev–Trinajstić information content (AvgIpc) is 3.99. The monoisotopic (exact) mass is 668 g/mol. The third kappa shape index (κ3) is 6.85. The molecule has 1 fully saturated rings. The van der Waals surface area contributed by atoms with Gasteiger partial charge in [0, 0.05) is 39.8 Å². The summed E-state index contributed by atoms with van der Waals surface area (Å²) in [5, 5.41) is 0.